The second-order valence-electron chi connectivity index (χ2n) is 7.19. The zero-order valence-corrected chi connectivity index (χ0v) is 16.2. The molecule has 6 nitrogen and oxygen atoms in total. The summed E-state index contributed by atoms with van der Waals surface area (Å²) < 4.78 is 0. The van der Waals surface area contributed by atoms with Gasteiger partial charge in [0.15, 0.2) is 5.16 Å². The number of aromatic amines is 1. The number of thioether (sulfide) groups is 1. The van der Waals surface area contributed by atoms with Crippen molar-refractivity contribution in [3.63, 3.8) is 0 Å². The average Bonchev–Trinajstić information content (AvgIpc) is 3.41. The molecule has 136 valence electrons. The van der Waals surface area contributed by atoms with E-state index < -0.39 is 5.54 Å². The predicted octanol–water partition coefficient (Wildman–Crippen LogP) is 2.76. The number of aryl methyl sites for hydroxylation is 2. The Morgan fingerprint density at radius 1 is 1.46 bits per heavy atom. The smallest absolute Gasteiger partial charge is 0.260 e. The van der Waals surface area contributed by atoms with Crippen molar-refractivity contribution in [1.29, 1.82) is 5.26 Å². The molecule has 1 atom stereocenters. The zero-order chi connectivity index (χ0) is 18.3. The number of thiophene rings is 1. The van der Waals surface area contributed by atoms with E-state index in [2.05, 4.69) is 21.4 Å². The third-order valence-electron chi connectivity index (χ3n) is 5.17. The molecule has 0 unspecified atom stereocenters. The number of hydrogen-bond donors (Lipinski definition) is 2. The van der Waals surface area contributed by atoms with Crippen LogP contribution in [0.25, 0.3) is 10.2 Å². The average molecular weight is 389 g/mol. The van der Waals surface area contributed by atoms with Gasteiger partial charge in [-0.15, -0.1) is 11.3 Å². The summed E-state index contributed by atoms with van der Waals surface area (Å²) in [6.07, 6.45) is 6.21. The van der Waals surface area contributed by atoms with Gasteiger partial charge in [0.2, 0.25) is 5.91 Å². The number of nitrogens with zero attached hydrogens (tertiary/aromatic N) is 2. The van der Waals surface area contributed by atoms with Gasteiger partial charge in [-0.05, 0) is 56.9 Å². The summed E-state index contributed by atoms with van der Waals surface area (Å²) in [4.78, 5) is 34.1. The molecule has 1 saturated carbocycles. The van der Waals surface area contributed by atoms with Crippen LogP contribution in [0.4, 0.5) is 0 Å². The Labute approximate surface area is 159 Å². The van der Waals surface area contributed by atoms with E-state index in [0.29, 0.717) is 5.16 Å². The van der Waals surface area contributed by atoms with E-state index in [1.807, 2.05) is 0 Å². The molecule has 4 rings (SSSR count). The van der Waals surface area contributed by atoms with E-state index in [-0.39, 0.29) is 23.1 Å². The lowest BCUT2D eigenvalue weighted by Gasteiger charge is -2.22. The molecular formula is C18H20N4O2S2. The van der Waals surface area contributed by atoms with Crippen LogP contribution in [0.5, 0.6) is 0 Å². The van der Waals surface area contributed by atoms with Gasteiger partial charge in [-0.3, -0.25) is 9.59 Å². The number of amides is 1. The third-order valence-corrected chi connectivity index (χ3v) is 7.23. The van der Waals surface area contributed by atoms with Crippen molar-refractivity contribution >= 4 is 39.2 Å². The monoisotopic (exact) mass is 388 g/mol. The Bertz CT molecular complexity index is 970. The fourth-order valence-corrected chi connectivity index (χ4v) is 5.53. The largest absolute Gasteiger partial charge is 0.337 e. The lowest BCUT2D eigenvalue weighted by atomic mass is 9.97. The fraction of sp³-hybridized carbons (Fsp3) is 0.556. The van der Waals surface area contributed by atoms with Gasteiger partial charge in [0.25, 0.3) is 5.56 Å². The molecule has 0 saturated heterocycles. The molecule has 2 N–H and O–H groups in total. The van der Waals surface area contributed by atoms with Crippen LogP contribution in [0.1, 0.15) is 43.0 Å². The molecule has 0 spiro atoms. The summed E-state index contributed by atoms with van der Waals surface area (Å²) in [5.41, 5.74) is 0.251. The first-order valence-electron chi connectivity index (χ1n) is 8.90. The van der Waals surface area contributed by atoms with Crippen LogP contribution in [0, 0.1) is 17.2 Å². The first kappa shape index (κ1) is 17.6. The summed E-state index contributed by atoms with van der Waals surface area (Å²) in [5.74, 6) is 0.163. The number of nitriles is 1. The highest BCUT2D eigenvalue weighted by atomic mass is 32.2. The highest BCUT2D eigenvalue weighted by Gasteiger charge is 2.42. The Balaban J connectivity index is 1.48. The van der Waals surface area contributed by atoms with E-state index in [1.54, 1.807) is 18.3 Å². The van der Waals surface area contributed by atoms with Crippen molar-refractivity contribution in [2.75, 3.05) is 5.75 Å². The summed E-state index contributed by atoms with van der Waals surface area (Å²) in [5, 5.41) is 13.3. The third kappa shape index (κ3) is 3.26. The molecule has 2 heterocycles. The van der Waals surface area contributed by atoms with Crippen LogP contribution in [-0.4, -0.2) is 27.2 Å². The minimum absolute atomic E-state index is 0.114. The molecule has 2 aromatic heterocycles. The first-order chi connectivity index (χ1) is 12.5. The number of carbonyl (C=O) groups is 1. The van der Waals surface area contributed by atoms with Crippen LogP contribution in [-0.2, 0) is 17.6 Å². The minimum Gasteiger partial charge on any atom is -0.337 e. The zero-order valence-electron chi connectivity index (χ0n) is 14.6. The van der Waals surface area contributed by atoms with Crippen molar-refractivity contribution in [3.8, 4) is 6.07 Å². The Kier molecular flexibility index (Phi) is 4.53. The number of rotatable bonds is 5. The predicted molar refractivity (Wildman–Crippen MR) is 102 cm³/mol. The number of fused-ring (bicyclic) bond motifs is 3. The van der Waals surface area contributed by atoms with E-state index in [4.69, 9.17) is 0 Å². The fourth-order valence-electron chi connectivity index (χ4n) is 3.55. The molecule has 2 aliphatic carbocycles. The van der Waals surface area contributed by atoms with Gasteiger partial charge in [-0.2, -0.15) is 5.26 Å². The topological polar surface area (TPSA) is 98.6 Å². The molecule has 2 aliphatic rings. The van der Waals surface area contributed by atoms with E-state index in [1.165, 1.54) is 16.6 Å². The quantitative estimate of drug-likeness (QED) is 0.606. The molecule has 8 heteroatoms. The standard InChI is InChI=1S/C18H20N4O2S2/c1-18(9-19,10-6-7-10)22-13(23)8-25-17-20-15(24)14-11-4-2-3-5-12(11)26-16(14)21-17/h10H,2-8H2,1H3,(H,22,23)(H,20,21,24)/t18-/m1/s1. The molecule has 26 heavy (non-hydrogen) atoms. The Morgan fingerprint density at radius 3 is 2.96 bits per heavy atom. The van der Waals surface area contributed by atoms with Gasteiger partial charge in [-0.25, -0.2) is 4.98 Å². The number of hydrogen-bond acceptors (Lipinski definition) is 6. The first-order valence-corrected chi connectivity index (χ1v) is 10.7. The molecular weight excluding hydrogens is 368 g/mol. The molecule has 0 bridgehead atoms. The molecule has 1 fully saturated rings. The number of aromatic nitrogens is 2. The van der Waals surface area contributed by atoms with Crippen LogP contribution in [0.3, 0.4) is 0 Å². The van der Waals surface area contributed by atoms with E-state index in [9.17, 15) is 14.9 Å². The lowest BCUT2D eigenvalue weighted by molar-refractivity contribution is -0.119. The molecule has 0 radical (unpaired) electrons. The maximum atomic E-state index is 12.5. The van der Waals surface area contributed by atoms with Crippen molar-refractivity contribution in [2.45, 2.75) is 56.1 Å². The number of carbonyl (C=O) groups excluding carboxylic acids is 1. The highest BCUT2D eigenvalue weighted by Crippen LogP contribution is 2.39. The number of nitrogens with one attached hydrogen (secondary N) is 2. The van der Waals surface area contributed by atoms with Gasteiger partial charge in [-0.1, -0.05) is 11.8 Å². The maximum absolute atomic E-state index is 12.5. The lowest BCUT2D eigenvalue weighted by Crippen LogP contribution is -2.47. The highest BCUT2D eigenvalue weighted by molar-refractivity contribution is 7.99. The Hall–Kier alpha value is -1.85. The van der Waals surface area contributed by atoms with Gasteiger partial charge in [0.05, 0.1) is 17.2 Å². The van der Waals surface area contributed by atoms with Crippen molar-refractivity contribution < 1.29 is 4.79 Å². The van der Waals surface area contributed by atoms with Crippen molar-refractivity contribution in [1.82, 2.24) is 15.3 Å². The summed E-state index contributed by atoms with van der Waals surface area (Å²) >= 11 is 2.81. The summed E-state index contributed by atoms with van der Waals surface area (Å²) in [7, 11) is 0. The van der Waals surface area contributed by atoms with Gasteiger partial charge < -0.3 is 10.3 Å². The van der Waals surface area contributed by atoms with Crippen molar-refractivity contribution in [3.05, 3.63) is 20.8 Å². The van der Waals surface area contributed by atoms with Gasteiger partial charge in [0, 0.05) is 4.88 Å². The van der Waals surface area contributed by atoms with Crippen molar-refractivity contribution in [2.24, 2.45) is 5.92 Å². The molecule has 2 aromatic rings. The second kappa shape index (κ2) is 6.71. The van der Waals surface area contributed by atoms with Gasteiger partial charge >= 0.3 is 0 Å². The van der Waals surface area contributed by atoms with Crippen LogP contribution < -0.4 is 10.9 Å². The maximum Gasteiger partial charge on any atom is 0.260 e. The Morgan fingerprint density at radius 2 is 2.23 bits per heavy atom. The summed E-state index contributed by atoms with van der Waals surface area (Å²) in [6, 6.07) is 2.22. The van der Waals surface area contributed by atoms with Crippen LogP contribution in [0.2, 0.25) is 0 Å². The number of H-pyrrole nitrogens is 1. The second-order valence-corrected chi connectivity index (χ2v) is 9.24. The molecule has 1 amide bonds. The molecule has 0 aliphatic heterocycles. The van der Waals surface area contributed by atoms with Crippen LogP contribution in [0.15, 0.2) is 9.95 Å². The summed E-state index contributed by atoms with van der Waals surface area (Å²) in [6.45, 7) is 1.77. The van der Waals surface area contributed by atoms with Gasteiger partial charge in [0.1, 0.15) is 10.4 Å². The van der Waals surface area contributed by atoms with Crippen LogP contribution >= 0.6 is 23.1 Å². The van der Waals surface area contributed by atoms with E-state index in [0.717, 1.165) is 54.3 Å². The normalized spacial score (nSPS) is 18.8. The minimum atomic E-state index is -0.796. The van der Waals surface area contributed by atoms with E-state index >= 15 is 0 Å². The SMILES string of the molecule is C[C@](C#N)(NC(=O)CSc1nc2sc3c(c2c(=O)[nH]1)CCCC3)C1CC1. The molecule has 0 aromatic carbocycles.